The molecule has 0 unspecified atom stereocenters. The van der Waals surface area contributed by atoms with Gasteiger partial charge in [0.15, 0.2) is 16.8 Å². The lowest BCUT2D eigenvalue weighted by molar-refractivity contribution is 0.108. The predicted octanol–water partition coefficient (Wildman–Crippen LogP) is 0.841. The van der Waals surface area contributed by atoms with Gasteiger partial charge in [-0.2, -0.15) is 0 Å². The van der Waals surface area contributed by atoms with Gasteiger partial charge in [-0.15, -0.1) is 20.4 Å². The number of aromatic nitrogens is 4. The monoisotopic (exact) mass is 450 g/mol. The highest BCUT2D eigenvalue weighted by atomic mass is 35.5. The summed E-state index contributed by atoms with van der Waals surface area (Å²) in [4.78, 5) is 4.41. The summed E-state index contributed by atoms with van der Waals surface area (Å²) in [6.07, 6.45) is 0. The zero-order valence-corrected chi connectivity index (χ0v) is 18.7. The lowest BCUT2D eigenvalue weighted by atomic mass is 10.3. The van der Waals surface area contributed by atoms with Crippen LogP contribution in [-0.2, 0) is 4.74 Å². The van der Waals surface area contributed by atoms with Crippen molar-refractivity contribution in [1.29, 1.82) is 0 Å². The van der Waals surface area contributed by atoms with Crippen molar-refractivity contribution in [2.45, 2.75) is 6.92 Å². The van der Waals surface area contributed by atoms with Crippen LogP contribution in [0, 0.1) is 0 Å². The molecule has 2 aromatic rings. The number of piperazine rings is 2. The molecule has 2 fully saturated rings. The molecule has 0 radical (unpaired) electrons. The first-order chi connectivity index (χ1) is 15.3. The molecule has 2 aromatic heterocycles. The fourth-order valence-corrected chi connectivity index (χ4v) is 3.27. The zero-order chi connectivity index (χ0) is 21.7. The van der Waals surface area contributed by atoms with Gasteiger partial charge >= 0.3 is 0 Å². The standard InChI is InChI=1S/C12H20N4O2.C8H11ClN4/c1-2-17-9-10-18-12-4-3-11(14-15-12)16-7-5-13-6-8-16;9-7-1-2-8(12-11-7)13-5-3-10-4-6-13/h3-4,13H,2,5-10H2,1H3;1-2,10H,3-6H2. The van der Waals surface area contributed by atoms with Crippen molar-refractivity contribution < 1.29 is 9.47 Å². The van der Waals surface area contributed by atoms with E-state index in [1.807, 2.05) is 25.1 Å². The second-order valence-corrected chi connectivity index (χ2v) is 7.35. The second-order valence-electron chi connectivity index (χ2n) is 6.96. The molecule has 0 amide bonds. The molecule has 0 aliphatic carbocycles. The highest BCUT2D eigenvalue weighted by molar-refractivity contribution is 6.29. The maximum atomic E-state index is 5.65. The Labute approximate surface area is 188 Å². The fourth-order valence-electron chi connectivity index (χ4n) is 3.17. The van der Waals surface area contributed by atoms with Gasteiger partial charge in [-0.05, 0) is 25.1 Å². The minimum atomic E-state index is 0.443. The molecule has 0 atom stereocenters. The summed E-state index contributed by atoms with van der Waals surface area (Å²) < 4.78 is 10.6. The van der Waals surface area contributed by atoms with E-state index in [1.165, 1.54) is 0 Å². The van der Waals surface area contributed by atoms with Gasteiger partial charge in [0.05, 0.1) is 6.61 Å². The molecule has 170 valence electrons. The summed E-state index contributed by atoms with van der Waals surface area (Å²) in [5.74, 6) is 2.37. The molecule has 11 heteroatoms. The van der Waals surface area contributed by atoms with Crippen LogP contribution in [0.15, 0.2) is 24.3 Å². The van der Waals surface area contributed by atoms with E-state index in [0.29, 0.717) is 30.9 Å². The number of nitrogens with one attached hydrogen (secondary N) is 2. The summed E-state index contributed by atoms with van der Waals surface area (Å²) in [5, 5.41) is 23.1. The van der Waals surface area contributed by atoms with E-state index in [9.17, 15) is 0 Å². The van der Waals surface area contributed by atoms with Gasteiger partial charge in [-0.25, -0.2) is 0 Å². The third-order valence-electron chi connectivity index (χ3n) is 4.81. The Morgan fingerprint density at radius 2 is 1.39 bits per heavy atom. The smallest absolute Gasteiger partial charge is 0.233 e. The Morgan fingerprint density at radius 1 is 0.806 bits per heavy atom. The van der Waals surface area contributed by atoms with Gasteiger partial charge in [-0.1, -0.05) is 11.6 Å². The largest absolute Gasteiger partial charge is 0.474 e. The van der Waals surface area contributed by atoms with Crippen molar-refractivity contribution in [2.75, 3.05) is 82.0 Å². The van der Waals surface area contributed by atoms with Crippen LogP contribution >= 0.6 is 11.6 Å². The van der Waals surface area contributed by atoms with E-state index in [-0.39, 0.29) is 0 Å². The molecular weight excluding hydrogens is 420 g/mol. The van der Waals surface area contributed by atoms with Crippen LogP contribution in [0.3, 0.4) is 0 Å². The van der Waals surface area contributed by atoms with Gasteiger partial charge in [-0.3, -0.25) is 0 Å². The summed E-state index contributed by atoms with van der Waals surface area (Å²) in [5.41, 5.74) is 0. The van der Waals surface area contributed by atoms with Crippen molar-refractivity contribution in [3.63, 3.8) is 0 Å². The minimum Gasteiger partial charge on any atom is -0.474 e. The normalized spacial score (nSPS) is 16.5. The van der Waals surface area contributed by atoms with Crippen LogP contribution in [0.2, 0.25) is 5.15 Å². The molecule has 0 aromatic carbocycles. The summed E-state index contributed by atoms with van der Waals surface area (Å²) in [6.45, 7) is 11.7. The summed E-state index contributed by atoms with van der Waals surface area (Å²) in [7, 11) is 0. The minimum absolute atomic E-state index is 0.443. The quantitative estimate of drug-likeness (QED) is 0.590. The molecule has 2 saturated heterocycles. The van der Waals surface area contributed by atoms with Gasteiger partial charge in [0.25, 0.3) is 0 Å². The Bertz CT molecular complexity index is 738. The first-order valence-corrected chi connectivity index (χ1v) is 11.1. The number of ether oxygens (including phenoxy) is 2. The maximum absolute atomic E-state index is 5.65. The molecule has 10 nitrogen and oxygen atoms in total. The first-order valence-electron chi connectivity index (χ1n) is 10.7. The van der Waals surface area contributed by atoms with Crippen LogP contribution in [-0.4, -0.2) is 92.6 Å². The first kappa shape index (κ1) is 23.4. The molecule has 0 spiro atoms. The molecule has 2 N–H and O–H groups in total. The summed E-state index contributed by atoms with van der Waals surface area (Å²) in [6, 6.07) is 7.48. The van der Waals surface area contributed by atoms with Crippen LogP contribution in [0.4, 0.5) is 11.6 Å². The molecule has 31 heavy (non-hydrogen) atoms. The average Bonchev–Trinajstić information content (AvgIpc) is 2.84. The number of hydrogen-bond donors (Lipinski definition) is 2. The van der Waals surface area contributed by atoms with E-state index in [2.05, 4.69) is 40.8 Å². The van der Waals surface area contributed by atoms with Gasteiger partial charge < -0.3 is 29.9 Å². The predicted molar refractivity (Wildman–Crippen MR) is 121 cm³/mol. The van der Waals surface area contributed by atoms with Crippen molar-refractivity contribution in [2.24, 2.45) is 0 Å². The van der Waals surface area contributed by atoms with E-state index in [0.717, 1.165) is 64.0 Å². The molecule has 0 bridgehead atoms. The third kappa shape index (κ3) is 8.06. The van der Waals surface area contributed by atoms with Crippen molar-refractivity contribution in [3.8, 4) is 5.88 Å². The Balaban J connectivity index is 0.000000185. The van der Waals surface area contributed by atoms with E-state index >= 15 is 0 Å². The van der Waals surface area contributed by atoms with Crippen LogP contribution in [0.25, 0.3) is 0 Å². The van der Waals surface area contributed by atoms with Crippen LogP contribution < -0.4 is 25.2 Å². The molecule has 0 saturated carbocycles. The fraction of sp³-hybridized carbons (Fsp3) is 0.600. The van der Waals surface area contributed by atoms with Crippen molar-refractivity contribution in [3.05, 3.63) is 29.4 Å². The lowest BCUT2D eigenvalue weighted by Crippen LogP contribution is -2.43. The number of hydrogen-bond acceptors (Lipinski definition) is 10. The van der Waals surface area contributed by atoms with E-state index in [1.54, 1.807) is 6.07 Å². The SMILES string of the molecule is CCOCCOc1ccc(N2CCNCC2)nn1.Clc1ccc(N2CCNCC2)nn1. The topological polar surface area (TPSA) is 101 Å². The van der Waals surface area contributed by atoms with E-state index in [4.69, 9.17) is 21.1 Å². The Kier molecular flexibility index (Phi) is 9.97. The van der Waals surface area contributed by atoms with Crippen molar-refractivity contribution >= 4 is 23.2 Å². The van der Waals surface area contributed by atoms with E-state index < -0.39 is 0 Å². The number of halogens is 1. The van der Waals surface area contributed by atoms with Crippen LogP contribution in [0.5, 0.6) is 5.88 Å². The maximum Gasteiger partial charge on any atom is 0.233 e. The average molecular weight is 451 g/mol. The Hall–Kier alpha value is -2.27. The molecular formula is C20H31ClN8O2. The van der Waals surface area contributed by atoms with Gasteiger partial charge in [0.1, 0.15) is 6.61 Å². The van der Waals surface area contributed by atoms with Gasteiger partial charge in [0, 0.05) is 65.0 Å². The number of anilines is 2. The molecule has 4 heterocycles. The highest BCUT2D eigenvalue weighted by Crippen LogP contribution is 2.13. The zero-order valence-electron chi connectivity index (χ0n) is 18.0. The Morgan fingerprint density at radius 3 is 1.87 bits per heavy atom. The highest BCUT2D eigenvalue weighted by Gasteiger charge is 2.12. The molecule has 2 aliphatic rings. The van der Waals surface area contributed by atoms with Crippen molar-refractivity contribution in [1.82, 2.24) is 31.0 Å². The molecule has 2 aliphatic heterocycles. The van der Waals surface area contributed by atoms with Crippen LogP contribution in [0.1, 0.15) is 6.92 Å². The van der Waals surface area contributed by atoms with Gasteiger partial charge in [0.2, 0.25) is 5.88 Å². The number of nitrogens with zero attached hydrogens (tertiary/aromatic N) is 6. The third-order valence-corrected chi connectivity index (χ3v) is 5.01. The lowest BCUT2D eigenvalue weighted by Gasteiger charge is -2.27. The summed E-state index contributed by atoms with van der Waals surface area (Å²) >= 11 is 5.65. The number of rotatable bonds is 7. The second kappa shape index (κ2) is 13.2. The molecule has 4 rings (SSSR count).